The molecule has 2 heterocycles. The van der Waals surface area contributed by atoms with Crippen LogP contribution in [0.4, 0.5) is 0 Å². The van der Waals surface area contributed by atoms with E-state index >= 15 is 0 Å². The minimum absolute atomic E-state index is 0.00714. The predicted molar refractivity (Wildman–Crippen MR) is 84.3 cm³/mol. The van der Waals surface area contributed by atoms with E-state index in [0.29, 0.717) is 30.0 Å². The maximum absolute atomic E-state index is 12.5. The molecule has 1 saturated carbocycles. The zero-order valence-electron chi connectivity index (χ0n) is 14.1. The first-order chi connectivity index (χ1) is 10.4. The average Bonchev–Trinajstić information content (AvgIpc) is 2.97. The lowest BCUT2D eigenvalue weighted by Crippen LogP contribution is -2.60. The van der Waals surface area contributed by atoms with Crippen molar-refractivity contribution in [1.29, 1.82) is 0 Å². The number of carbonyl (C=O) groups is 1. The third-order valence-corrected chi connectivity index (χ3v) is 7.30. The summed E-state index contributed by atoms with van der Waals surface area (Å²) in [4.78, 5) is 12.5. The molecule has 22 heavy (non-hydrogen) atoms. The second-order valence-corrected chi connectivity index (χ2v) is 8.51. The van der Waals surface area contributed by atoms with Crippen LogP contribution in [0.5, 0.6) is 0 Å². The van der Waals surface area contributed by atoms with Crippen molar-refractivity contribution in [2.24, 2.45) is 29.1 Å². The number of ketones is 1. The van der Waals surface area contributed by atoms with Crippen molar-refractivity contribution in [2.45, 2.75) is 71.7 Å². The Morgan fingerprint density at radius 2 is 2.05 bits per heavy atom. The number of Topliss-reactive ketones (excluding diaryl/α,β-unsaturated/α-hetero) is 1. The number of ether oxygens (including phenoxy) is 1. The summed E-state index contributed by atoms with van der Waals surface area (Å²) in [5.41, 5.74) is 2.49. The van der Waals surface area contributed by atoms with Crippen LogP contribution in [-0.2, 0) is 9.53 Å². The molecule has 4 aliphatic rings. The highest BCUT2D eigenvalue weighted by molar-refractivity contribution is 5.84. The summed E-state index contributed by atoms with van der Waals surface area (Å²) < 4.78 is 6.42. The molecule has 2 aliphatic heterocycles. The van der Waals surface area contributed by atoms with E-state index in [9.17, 15) is 9.90 Å². The van der Waals surface area contributed by atoms with Gasteiger partial charge in [-0.2, -0.15) is 0 Å². The molecule has 0 amide bonds. The molecule has 2 bridgehead atoms. The first kappa shape index (κ1) is 14.9. The average molecular weight is 304 g/mol. The van der Waals surface area contributed by atoms with Crippen LogP contribution >= 0.6 is 0 Å². The van der Waals surface area contributed by atoms with Gasteiger partial charge in [0.15, 0.2) is 0 Å². The van der Waals surface area contributed by atoms with E-state index in [1.165, 1.54) is 11.1 Å². The first-order valence-corrected chi connectivity index (χ1v) is 8.94. The van der Waals surface area contributed by atoms with Gasteiger partial charge in [-0.15, -0.1) is 0 Å². The van der Waals surface area contributed by atoms with Gasteiger partial charge < -0.3 is 9.84 Å². The van der Waals surface area contributed by atoms with Crippen LogP contribution in [0.15, 0.2) is 11.1 Å². The summed E-state index contributed by atoms with van der Waals surface area (Å²) in [6.07, 6.45) is 3.17. The molecule has 7 atom stereocenters. The monoisotopic (exact) mass is 304 g/mol. The van der Waals surface area contributed by atoms with E-state index < -0.39 is 6.10 Å². The Morgan fingerprint density at radius 1 is 1.32 bits per heavy atom. The fourth-order valence-corrected chi connectivity index (χ4v) is 5.89. The largest absolute Gasteiger partial charge is 0.392 e. The molecular weight excluding hydrogens is 276 g/mol. The van der Waals surface area contributed by atoms with Gasteiger partial charge in [0, 0.05) is 17.8 Å². The SMILES string of the molecule is CC(C)C1=C2C[C@@H]3O[C@@H]([C@H]4C(=O)CC[C@H]4[C@H]3C)[C@@]2(C)[C@@H](O)C1. The molecule has 0 radical (unpaired) electrons. The number of rotatable bonds is 1. The fourth-order valence-electron chi connectivity index (χ4n) is 5.89. The summed E-state index contributed by atoms with van der Waals surface area (Å²) in [5.74, 6) is 1.76. The van der Waals surface area contributed by atoms with Gasteiger partial charge in [0.1, 0.15) is 5.78 Å². The number of fused-ring (bicyclic) bond motifs is 6. The summed E-state index contributed by atoms with van der Waals surface area (Å²) in [6, 6.07) is 0. The number of hydrogen-bond acceptors (Lipinski definition) is 3. The van der Waals surface area contributed by atoms with Crippen molar-refractivity contribution in [3.63, 3.8) is 0 Å². The van der Waals surface area contributed by atoms with Crippen molar-refractivity contribution in [2.75, 3.05) is 0 Å². The fraction of sp³-hybridized carbons (Fsp3) is 0.842. The van der Waals surface area contributed by atoms with Crippen molar-refractivity contribution in [1.82, 2.24) is 0 Å². The van der Waals surface area contributed by atoms with Gasteiger partial charge in [-0.3, -0.25) is 4.79 Å². The summed E-state index contributed by atoms with van der Waals surface area (Å²) in [5, 5.41) is 10.9. The maximum atomic E-state index is 12.5. The van der Waals surface area contributed by atoms with E-state index in [-0.39, 0.29) is 23.5 Å². The van der Waals surface area contributed by atoms with E-state index in [4.69, 9.17) is 4.74 Å². The smallest absolute Gasteiger partial charge is 0.138 e. The predicted octanol–water partition coefficient (Wildman–Crippen LogP) is 3.11. The van der Waals surface area contributed by atoms with E-state index in [1.807, 2.05) is 0 Å². The summed E-state index contributed by atoms with van der Waals surface area (Å²) >= 11 is 0. The summed E-state index contributed by atoms with van der Waals surface area (Å²) in [7, 11) is 0. The number of carbonyl (C=O) groups excluding carboxylic acids is 1. The molecule has 0 aromatic carbocycles. The van der Waals surface area contributed by atoms with Gasteiger partial charge in [-0.1, -0.05) is 38.8 Å². The Labute approximate surface area is 133 Å². The molecule has 122 valence electrons. The lowest BCUT2D eigenvalue weighted by atomic mass is 9.60. The van der Waals surface area contributed by atoms with E-state index in [2.05, 4.69) is 27.7 Å². The van der Waals surface area contributed by atoms with Crippen LogP contribution in [-0.4, -0.2) is 29.2 Å². The van der Waals surface area contributed by atoms with Gasteiger partial charge in [0.05, 0.1) is 18.3 Å². The molecule has 4 rings (SSSR count). The highest BCUT2D eigenvalue weighted by atomic mass is 16.5. The van der Waals surface area contributed by atoms with Gasteiger partial charge >= 0.3 is 0 Å². The topological polar surface area (TPSA) is 46.5 Å². The van der Waals surface area contributed by atoms with Crippen LogP contribution in [0.3, 0.4) is 0 Å². The van der Waals surface area contributed by atoms with Crippen LogP contribution in [0.25, 0.3) is 0 Å². The third kappa shape index (κ3) is 1.67. The Hall–Kier alpha value is -0.670. The van der Waals surface area contributed by atoms with Crippen molar-refractivity contribution in [3.05, 3.63) is 11.1 Å². The van der Waals surface area contributed by atoms with Gasteiger partial charge in [0.2, 0.25) is 0 Å². The first-order valence-electron chi connectivity index (χ1n) is 8.94. The standard InChI is InChI=1S/C19H28O3/c1-9(2)12-7-16(21)19(4)13(12)8-15-10(3)11-5-6-14(20)17(11)18(19)22-15/h9-11,15-18,21H,5-8H2,1-4H3/t10-,11+,15+,16+,17-,18+,19-/m1/s1. The zero-order valence-corrected chi connectivity index (χ0v) is 14.1. The molecular formula is C19H28O3. The molecule has 3 nitrogen and oxygen atoms in total. The van der Waals surface area contributed by atoms with Crippen LogP contribution < -0.4 is 0 Å². The minimum Gasteiger partial charge on any atom is -0.392 e. The Balaban J connectivity index is 1.84. The molecule has 2 saturated heterocycles. The molecule has 0 unspecified atom stereocenters. The lowest BCUT2D eigenvalue weighted by Gasteiger charge is -2.55. The maximum Gasteiger partial charge on any atom is 0.138 e. The molecule has 3 heteroatoms. The lowest BCUT2D eigenvalue weighted by molar-refractivity contribution is -0.206. The molecule has 1 N–H and O–H groups in total. The van der Waals surface area contributed by atoms with E-state index in [1.54, 1.807) is 0 Å². The highest BCUT2D eigenvalue weighted by Gasteiger charge is 2.63. The normalized spacial score (nSPS) is 50.5. The second-order valence-electron chi connectivity index (χ2n) is 8.51. The van der Waals surface area contributed by atoms with Crippen molar-refractivity contribution in [3.8, 4) is 0 Å². The van der Waals surface area contributed by atoms with Gasteiger partial charge in [-0.05, 0) is 37.0 Å². The minimum atomic E-state index is -0.395. The van der Waals surface area contributed by atoms with E-state index in [0.717, 1.165) is 19.3 Å². The molecule has 2 aliphatic carbocycles. The summed E-state index contributed by atoms with van der Waals surface area (Å²) in [6.45, 7) is 8.86. The van der Waals surface area contributed by atoms with Crippen LogP contribution in [0.1, 0.15) is 53.4 Å². The van der Waals surface area contributed by atoms with Crippen molar-refractivity contribution < 1.29 is 14.6 Å². The van der Waals surface area contributed by atoms with Crippen molar-refractivity contribution >= 4 is 5.78 Å². The molecule has 3 fully saturated rings. The quantitative estimate of drug-likeness (QED) is 0.757. The molecule has 0 aromatic heterocycles. The Kier molecular flexibility index (Phi) is 3.16. The van der Waals surface area contributed by atoms with Crippen LogP contribution in [0, 0.1) is 29.1 Å². The molecule has 0 aromatic rings. The third-order valence-electron chi connectivity index (χ3n) is 7.30. The number of hydrogen-bond donors (Lipinski definition) is 1. The number of aliphatic hydroxyl groups excluding tert-OH is 1. The Morgan fingerprint density at radius 3 is 2.73 bits per heavy atom. The van der Waals surface area contributed by atoms with Crippen LogP contribution in [0.2, 0.25) is 0 Å². The molecule has 0 spiro atoms. The zero-order chi connectivity index (χ0) is 15.8. The number of aliphatic hydroxyl groups is 1. The van der Waals surface area contributed by atoms with Gasteiger partial charge in [0.25, 0.3) is 0 Å². The second kappa shape index (κ2) is 4.67. The van der Waals surface area contributed by atoms with Gasteiger partial charge in [-0.25, -0.2) is 0 Å². The Bertz CT molecular complexity index is 549. The highest BCUT2D eigenvalue weighted by Crippen LogP contribution is 2.61.